The van der Waals surface area contributed by atoms with Crippen LogP contribution in [0.15, 0.2) is 218 Å². The number of hydrogen-bond donors (Lipinski definition) is 0. The molecule has 0 atom stereocenters. The molecule has 12 aromatic rings. The number of para-hydroxylation sites is 2. The van der Waals surface area contributed by atoms with Crippen molar-refractivity contribution in [2.45, 2.75) is 0 Å². The molecule has 12 rings (SSSR count). The summed E-state index contributed by atoms with van der Waals surface area (Å²) in [4.78, 5) is 2.52. The lowest BCUT2D eigenvalue weighted by Gasteiger charge is -2.29. The molecule has 59 heavy (non-hydrogen) atoms. The normalized spacial score (nSPS) is 11.7. The van der Waals surface area contributed by atoms with Crippen LogP contribution in [0.2, 0.25) is 0 Å². The Bertz CT molecular complexity index is 3520. The highest BCUT2D eigenvalue weighted by Gasteiger charge is 2.23. The van der Waals surface area contributed by atoms with E-state index in [0.29, 0.717) is 0 Å². The minimum atomic E-state index is 1.09. The highest BCUT2D eigenvalue weighted by atomic mass is 32.1. The van der Waals surface area contributed by atoms with Gasteiger partial charge in [-0.05, 0) is 92.8 Å². The maximum Gasteiger partial charge on any atom is 0.0640 e. The van der Waals surface area contributed by atoms with Crippen molar-refractivity contribution in [1.29, 1.82) is 0 Å². The molecule has 2 nitrogen and oxygen atoms in total. The fourth-order valence-electron chi connectivity index (χ4n) is 9.33. The lowest BCUT2D eigenvalue weighted by Crippen LogP contribution is -2.12. The topological polar surface area (TPSA) is 8.17 Å². The maximum absolute atomic E-state index is 2.52. The highest BCUT2D eigenvalue weighted by molar-refractivity contribution is 7.26. The summed E-state index contributed by atoms with van der Waals surface area (Å²) in [6.07, 6.45) is 0. The van der Waals surface area contributed by atoms with Gasteiger partial charge in [0.2, 0.25) is 0 Å². The van der Waals surface area contributed by atoms with Gasteiger partial charge in [-0.1, -0.05) is 164 Å². The van der Waals surface area contributed by atoms with Crippen LogP contribution in [0.3, 0.4) is 0 Å². The van der Waals surface area contributed by atoms with Crippen LogP contribution in [-0.4, -0.2) is 4.57 Å². The molecule has 3 heteroatoms. The summed E-state index contributed by atoms with van der Waals surface area (Å²) in [6, 6.07) is 80.1. The second-order valence-electron chi connectivity index (χ2n) is 15.3. The predicted molar refractivity (Wildman–Crippen MR) is 254 cm³/mol. The van der Waals surface area contributed by atoms with Crippen molar-refractivity contribution >= 4 is 91.9 Å². The summed E-state index contributed by atoms with van der Waals surface area (Å²) in [5.41, 5.74) is 11.6. The number of benzene rings is 10. The average Bonchev–Trinajstić information content (AvgIpc) is 3.86. The zero-order chi connectivity index (χ0) is 38.9. The fraction of sp³-hybridized carbons (Fsp3) is 0. The fourth-order valence-corrected chi connectivity index (χ4v) is 10.5. The van der Waals surface area contributed by atoms with Crippen molar-refractivity contribution in [2.24, 2.45) is 0 Å². The van der Waals surface area contributed by atoms with Crippen LogP contribution in [-0.2, 0) is 0 Å². The van der Waals surface area contributed by atoms with Crippen LogP contribution >= 0.6 is 11.3 Å². The third-order valence-corrected chi connectivity index (χ3v) is 13.2. The number of nitrogens with zero attached hydrogens (tertiary/aromatic N) is 2. The van der Waals surface area contributed by atoms with Gasteiger partial charge in [0.05, 0.1) is 27.1 Å². The second kappa shape index (κ2) is 13.6. The molecule has 2 aromatic heterocycles. The molecule has 0 saturated heterocycles. The van der Waals surface area contributed by atoms with Gasteiger partial charge in [-0.15, -0.1) is 11.3 Å². The molecule has 0 bridgehead atoms. The zero-order valence-corrected chi connectivity index (χ0v) is 32.9. The van der Waals surface area contributed by atoms with E-state index in [0.717, 1.165) is 22.7 Å². The third-order valence-electron chi connectivity index (χ3n) is 12.0. The number of hydrogen-bond acceptors (Lipinski definition) is 2. The molecule has 0 aliphatic heterocycles. The van der Waals surface area contributed by atoms with E-state index in [1.165, 1.54) is 85.8 Å². The van der Waals surface area contributed by atoms with Crippen molar-refractivity contribution in [3.05, 3.63) is 218 Å². The molecule has 276 valence electrons. The Labute approximate surface area is 346 Å². The van der Waals surface area contributed by atoms with Gasteiger partial charge in [-0.25, -0.2) is 0 Å². The smallest absolute Gasteiger partial charge is 0.0640 e. The monoisotopic (exact) mass is 768 g/mol. The Morgan fingerprint density at radius 3 is 1.78 bits per heavy atom. The second-order valence-corrected chi connectivity index (χ2v) is 16.3. The molecule has 0 unspecified atom stereocenters. The molecule has 0 fully saturated rings. The molecule has 0 spiro atoms. The van der Waals surface area contributed by atoms with Crippen LogP contribution in [0.4, 0.5) is 17.1 Å². The van der Waals surface area contributed by atoms with E-state index in [9.17, 15) is 0 Å². The molecule has 0 amide bonds. The van der Waals surface area contributed by atoms with E-state index in [1.54, 1.807) is 0 Å². The average molecular weight is 769 g/mol. The van der Waals surface area contributed by atoms with Gasteiger partial charge in [-0.2, -0.15) is 0 Å². The van der Waals surface area contributed by atoms with Crippen LogP contribution in [0.1, 0.15) is 0 Å². The maximum atomic E-state index is 2.52. The number of aromatic nitrogens is 1. The van der Waals surface area contributed by atoms with E-state index in [-0.39, 0.29) is 0 Å². The third kappa shape index (κ3) is 5.40. The van der Waals surface area contributed by atoms with Gasteiger partial charge >= 0.3 is 0 Å². The Morgan fingerprint density at radius 1 is 0.356 bits per heavy atom. The molecule has 0 saturated carbocycles. The number of anilines is 3. The van der Waals surface area contributed by atoms with Gasteiger partial charge in [0.1, 0.15) is 0 Å². The number of thiophene rings is 1. The van der Waals surface area contributed by atoms with Gasteiger partial charge in [-0.3, -0.25) is 0 Å². The van der Waals surface area contributed by atoms with E-state index >= 15 is 0 Å². The van der Waals surface area contributed by atoms with Gasteiger partial charge in [0.15, 0.2) is 0 Å². The Hall–Kier alpha value is -7.46. The first-order valence-electron chi connectivity index (χ1n) is 20.2. The Balaban J connectivity index is 1.17. The molecular formula is C56H36N2S. The van der Waals surface area contributed by atoms with Crippen molar-refractivity contribution < 1.29 is 0 Å². The Morgan fingerprint density at radius 2 is 0.983 bits per heavy atom. The molecule has 0 aliphatic rings. The van der Waals surface area contributed by atoms with Crippen LogP contribution in [0.25, 0.3) is 91.5 Å². The highest BCUT2D eigenvalue weighted by Crippen LogP contribution is 2.49. The molecule has 0 radical (unpaired) electrons. The van der Waals surface area contributed by atoms with Crippen LogP contribution in [0.5, 0.6) is 0 Å². The van der Waals surface area contributed by atoms with Crippen molar-refractivity contribution in [3.8, 4) is 27.9 Å². The lowest BCUT2D eigenvalue weighted by molar-refractivity contribution is 1.17. The summed E-state index contributed by atoms with van der Waals surface area (Å²) in [6.45, 7) is 0. The summed E-state index contributed by atoms with van der Waals surface area (Å²) in [7, 11) is 0. The van der Waals surface area contributed by atoms with E-state index in [2.05, 4.69) is 228 Å². The van der Waals surface area contributed by atoms with Crippen molar-refractivity contribution in [2.75, 3.05) is 4.90 Å². The van der Waals surface area contributed by atoms with Gasteiger partial charge in [0, 0.05) is 43.2 Å². The van der Waals surface area contributed by atoms with Crippen molar-refractivity contribution in [3.63, 3.8) is 0 Å². The Kier molecular flexibility index (Phi) is 7.75. The first kappa shape index (κ1) is 33.7. The molecule has 2 heterocycles. The molecule has 0 aliphatic carbocycles. The van der Waals surface area contributed by atoms with Crippen LogP contribution in [0, 0.1) is 0 Å². The minimum Gasteiger partial charge on any atom is -0.309 e. The van der Waals surface area contributed by atoms with E-state index < -0.39 is 0 Å². The van der Waals surface area contributed by atoms with E-state index in [1.807, 2.05) is 11.3 Å². The SMILES string of the molecule is c1ccc(-c2ccc(-c3cc4ccccc4c4ccccc34)cc2N(c2cccc(-n3c4ccccc4c4ccccc43)c2)c2cccc3c2sc2ccccc23)cc1. The van der Waals surface area contributed by atoms with Crippen LogP contribution < -0.4 is 4.90 Å². The van der Waals surface area contributed by atoms with Crippen molar-refractivity contribution in [1.82, 2.24) is 4.57 Å². The standard InChI is InChI=1S/C56H36N2S/c1-2-16-37(17-3-1)43-33-32-39(50-34-38-18-4-5-21-42(38)44-22-6-7-23-45(44)50)35-54(43)58(53-30-15-27-49-48-26-10-13-31-55(48)59-56(49)53)41-20-14-19-40(36-41)57-51-28-11-8-24-46(51)47-25-9-12-29-52(47)57/h1-36H. The lowest BCUT2D eigenvalue weighted by atomic mass is 9.91. The zero-order valence-electron chi connectivity index (χ0n) is 32.1. The summed E-state index contributed by atoms with van der Waals surface area (Å²) >= 11 is 1.87. The molecular weight excluding hydrogens is 733 g/mol. The number of fused-ring (bicyclic) bond motifs is 9. The quantitative estimate of drug-likeness (QED) is 0.153. The first-order chi connectivity index (χ1) is 29.3. The summed E-state index contributed by atoms with van der Waals surface area (Å²) in [5, 5.41) is 10.1. The minimum absolute atomic E-state index is 1.09. The number of rotatable bonds is 6. The predicted octanol–water partition coefficient (Wildman–Crippen LogP) is 16.3. The molecule has 10 aromatic carbocycles. The molecule has 0 N–H and O–H groups in total. The van der Waals surface area contributed by atoms with Gasteiger partial charge < -0.3 is 9.47 Å². The summed E-state index contributed by atoms with van der Waals surface area (Å²) in [5.74, 6) is 0. The summed E-state index contributed by atoms with van der Waals surface area (Å²) < 4.78 is 4.97. The van der Waals surface area contributed by atoms with E-state index in [4.69, 9.17) is 0 Å². The first-order valence-corrected chi connectivity index (χ1v) is 21.0. The largest absolute Gasteiger partial charge is 0.309 e. The van der Waals surface area contributed by atoms with Gasteiger partial charge in [0.25, 0.3) is 0 Å².